The quantitative estimate of drug-likeness (QED) is 0.590. The maximum Gasteiger partial charge on any atom is 0.0944 e. The van der Waals surface area contributed by atoms with E-state index in [2.05, 4.69) is 16.3 Å². The number of hydrogen-bond donors (Lipinski definition) is 2. The van der Waals surface area contributed by atoms with Crippen molar-refractivity contribution in [3.05, 3.63) is 24.3 Å². The van der Waals surface area contributed by atoms with Gasteiger partial charge in [0.15, 0.2) is 0 Å². The third kappa shape index (κ3) is 2.52. The summed E-state index contributed by atoms with van der Waals surface area (Å²) in [5, 5.41) is 10.6. The Hall–Kier alpha value is -1.55. The maximum atomic E-state index is 7.49. The van der Waals surface area contributed by atoms with Crippen LogP contribution < -0.4 is 10.2 Å². The van der Waals surface area contributed by atoms with Gasteiger partial charge in [-0.1, -0.05) is 12.1 Å². The van der Waals surface area contributed by atoms with Gasteiger partial charge < -0.3 is 15.0 Å². The van der Waals surface area contributed by atoms with Crippen LogP contribution in [0.15, 0.2) is 24.3 Å². The molecule has 4 heteroatoms. The van der Waals surface area contributed by atoms with E-state index in [0.29, 0.717) is 5.84 Å². The Morgan fingerprint density at radius 2 is 2.00 bits per heavy atom. The van der Waals surface area contributed by atoms with Gasteiger partial charge in [0.05, 0.1) is 30.4 Å². The molecule has 4 nitrogen and oxygen atoms in total. The second-order valence-electron chi connectivity index (χ2n) is 3.87. The zero-order valence-electron chi connectivity index (χ0n) is 9.49. The van der Waals surface area contributed by atoms with Gasteiger partial charge in [-0.05, 0) is 19.1 Å². The second kappa shape index (κ2) is 4.99. The lowest BCUT2D eigenvalue weighted by Gasteiger charge is -2.30. The van der Waals surface area contributed by atoms with E-state index in [1.54, 1.807) is 6.92 Å². The molecule has 0 spiro atoms. The predicted molar refractivity (Wildman–Crippen MR) is 66.5 cm³/mol. The molecule has 1 aromatic rings. The zero-order chi connectivity index (χ0) is 11.4. The fourth-order valence-electron chi connectivity index (χ4n) is 1.86. The van der Waals surface area contributed by atoms with Gasteiger partial charge in [-0.25, -0.2) is 0 Å². The Bertz CT molecular complexity index is 372. The van der Waals surface area contributed by atoms with Crippen molar-refractivity contribution in [2.75, 3.05) is 36.5 Å². The number of nitrogens with zero attached hydrogens (tertiary/aromatic N) is 1. The third-order valence-corrected chi connectivity index (χ3v) is 2.58. The molecule has 1 heterocycles. The molecule has 2 rings (SSSR count). The number of amidine groups is 1. The van der Waals surface area contributed by atoms with Crippen molar-refractivity contribution < 1.29 is 4.74 Å². The molecule has 0 radical (unpaired) electrons. The van der Waals surface area contributed by atoms with Crippen molar-refractivity contribution in [2.24, 2.45) is 0 Å². The Balaban J connectivity index is 2.20. The predicted octanol–water partition coefficient (Wildman–Crippen LogP) is 1.93. The van der Waals surface area contributed by atoms with Crippen molar-refractivity contribution in [3.8, 4) is 0 Å². The van der Waals surface area contributed by atoms with Gasteiger partial charge in [0.25, 0.3) is 0 Å². The number of hydrogen-bond acceptors (Lipinski definition) is 3. The van der Waals surface area contributed by atoms with Crippen LogP contribution in [0, 0.1) is 5.41 Å². The average Bonchev–Trinajstić information content (AvgIpc) is 2.30. The zero-order valence-corrected chi connectivity index (χ0v) is 9.49. The van der Waals surface area contributed by atoms with Crippen molar-refractivity contribution in [2.45, 2.75) is 6.92 Å². The molecule has 0 aromatic heterocycles. The van der Waals surface area contributed by atoms with Gasteiger partial charge in [0.2, 0.25) is 0 Å². The van der Waals surface area contributed by atoms with Crippen molar-refractivity contribution in [3.63, 3.8) is 0 Å². The van der Waals surface area contributed by atoms with Crippen molar-refractivity contribution in [1.29, 1.82) is 5.41 Å². The molecule has 1 aliphatic heterocycles. The van der Waals surface area contributed by atoms with E-state index in [4.69, 9.17) is 10.1 Å². The lowest BCUT2D eigenvalue weighted by Crippen LogP contribution is -2.36. The van der Waals surface area contributed by atoms with E-state index in [1.165, 1.54) is 0 Å². The summed E-state index contributed by atoms with van der Waals surface area (Å²) >= 11 is 0. The van der Waals surface area contributed by atoms with Gasteiger partial charge in [-0.15, -0.1) is 0 Å². The van der Waals surface area contributed by atoms with Gasteiger partial charge in [-0.2, -0.15) is 0 Å². The molecular weight excluding hydrogens is 202 g/mol. The van der Waals surface area contributed by atoms with Crippen LogP contribution in [-0.4, -0.2) is 32.1 Å². The summed E-state index contributed by atoms with van der Waals surface area (Å²) in [4.78, 5) is 2.29. The third-order valence-electron chi connectivity index (χ3n) is 2.58. The molecule has 2 N–H and O–H groups in total. The van der Waals surface area contributed by atoms with Crippen LogP contribution in [0.1, 0.15) is 6.92 Å². The van der Waals surface area contributed by atoms with Crippen molar-refractivity contribution >= 4 is 17.2 Å². The molecule has 1 aliphatic rings. The smallest absolute Gasteiger partial charge is 0.0944 e. The number of morpholine rings is 1. The highest BCUT2D eigenvalue weighted by atomic mass is 16.5. The normalized spacial score (nSPS) is 15.9. The summed E-state index contributed by atoms with van der Waals surface area (Å²) < 4.78 is 5.34. The lowest BCUT2D eigenvalue weighted by atomic mass is 10.2. The molecule has 0 amide bonds. The van der Waals surface area contributed by atoms with Crippen LogP contribution >= 0.6 is 0 Å². The standard InChI is InChI=1S/C12H17N3O/c1-10(13)14-11-4-2-3-5-12(11)15-6-8-16-9-7-15/h2-5H,6-9H2,1H3,(H2,13,14). The molecule has 1 fully saturated rings. The molecule has 1 aromatic carbocycles. The minimum atomic E-state index is 0.459. The number of para-hydroxylation sites is 2. The van der Waals surface area contributed by atoms with Crippen LogP contribution in [0.4, 0.5) is 11.4 Å². The lowest BCUT2D eigenvalue weighted by molar-refractivity contribution is 0.123. The number of ether oxygens (including phenoxy) is 1. The fourth-order valence-corrected chi connectivity index (χ4v) is 1.86. The van der Waals surface area contributed by atoms with Gasteiger partial charge in [0, 0.05) is 13.1 Å². The average molecular weight is 219 g/mol. The molecule has 0 aliphatic carbocycles. The molecule has 16 heavy (non-hydrogen) atoms. The van der Waals surface area contributed by atoms with Crippen molar-refractivity contribution in [1.82, 2.24) is 0 Å². The van der Waals surface area contributed by atoms with Gasteiger partial charge in [-0.3, -0.25) is 5.41 Å². The van der Waals surface area contributed by atoms with Gasteiger partial charge in [0.1, 0.15) is 0 Å². The SMILES string of the molecule is CC(=N)Nc1ccccc1N1CCOCC1. The monoisotopic (exact) mass is 219 g/mol. The second-order valence-corrected chi connectivity index (χ2v) is 3.87. The largest absolute Gasteiger partial charge is 0.378 e. The Morgan fingerprint density at radius 3 is 2.69 bits per heavy atom. The molecule has 0 saturated carbocycles. The van der Waals surface area contributed by atoms with Crippen LogP contribution in [0.3, 0.4) is 0 Å². The van der Waals surface area contributed by atoms with Crippen LogP contribution in [-0.2, 0) is 4.74 Å². The first-order valence-corrected chi connectivity index (χ1v) is 5.51. The van der Waals surface area contributed by atoms with E-state index in [9.17, 15) is 0 Å². The fraction of sp³-hybridized carbons (Fsp3) is 0.417. The molecule has 0 atom stereocenters. The number of nitrogens with one attached hydrogen (secondary N) is 2. The summed E-state index contributed by atoms with van der Waals surface area (Å²) in [5.74, 6) is 0.459. The minimum Gasteiger partial charge on any atom is -0.378 e. The van der Waals surface area contributed by atoms with E-state index < -0.39 is 0 Å². The number of benzene rings is 1. The molecule has 0 bridgehead atoms. The Kier molecular flexibility index (Phi) is 3.41. The topological polar surface area (TPSA) is 48.4 Å². The minimum absolute atomic E-state index is 0.459. The summed E-state index contributed by atoms with van der Waals surface area (Å²) in [6.07, 6.45) is 0. The summed E-state index contributed by atoms with van der Waals surface area (Å²) in [7, 11) is 0. The number of anilines is 2. The number of rotatable bonds is 2. The highest BCUT2D eigenvalue weighted by Crippen LogP contribution is 2.26. The van der Waals surface area contributed by atoms with E-state index in [0.717, 1.165) is 37.7 Å². The first-order valence-electron chi connectivity index (χ1n) is 5.51. The van der Waals surface area contributed by atoms with Crippen LogP contribution in [0.5, 0.6) is 0 Å². The van der Waals surface area contributed by atoms with E-state index in [-0.39, 0.29) is 0 Å². The highest BCUT2D eigenvalue weighted by Gasteiger charge is 2.14. The summed E-state index contributed by atoms with van der Waals surface area (Å²) in [6, 6.07) is 8.09. The Labute approximate surface area is 95.7 Å². The molecule has 0 unspecified atom stereocenters. The van der Waals surface area contributed by atoms with E-state index >= 15 is 0 Å². The van der Waals surface area contributed by atoms with Gasteiger partial charge >= 0.3 is 0 Å². The Morgan fingerprint density at radius 1 is 1.31 bits per heavy atom. The molecular formula is C12H17N3O. The maximum absolute atomic E-state index is 7.49. The molecule has 1 saturated heterocycles. The first kappa shape index (κ1) is 11.0. The first-order chi connectivity index (χ1) is 7.77. The highest BCUT2D eigenvalue weighted by molar-refractivity contribution is 5.94. The molecule has 86 valence electrons. The summed E-state index contributed by atoms with van der Waals surface area (Å²) in [5.41, 5.74) is 2.15. The summed E-state index contributed by atoms with van der Waals surface area (Å²) in [6.45, 7) is 5.12. The van der Waals surface area contributed by atoms with Crippen LogP contribution in [0.25, 0.3) is 0 Å². The van der Waals surface area contributed by atoms with Crippen LogP contribution in [0.2, 0.25) is 0 Å². The van der Waals surface area contributed by atoms with E-state index in [1.807, 2.05) is 18.2 Å².